The Balaban J connectivity index is 0.000000385. The average molecular weight is 260 g/mol. The van der Waals surface area contributed by atoms with Crippen LogP contribution in [0.4, 0.5) is 18.9 Å². The fourth-order valence-corrected chi connectivity index (χ4v) is 0.681. The molecule has 1 aromatic rings. The Morgan fingerprint density at radius 2 is 1.44 bits per heavy atom. The predicted octanol–water partition coefficient (Wildman–Crippen LogP) is 1.11. The highest BCUT2D eigenvalue weighted by Crippen LogP contribution is 2.11. The summed E-state index contributed by atoms with van der Waals surface area (Å²) in [6, 6.07) is 2.61. The normalized spacial score (nSPS) is 10.3. The lowest BCUT2D eigenvalue weighted by Gasteiger charge is -2.00. The highest BCUT2D eigenvalue weighted by molar-refractivity contribution is 7.79. The van der Waals surface area contributed by atoms with Crippen LogP contribution < -0.4 is 11.1 Å². The number of nitrogens with one attached hydrogen (secondary N) is 2. The molecule has 4 N–H and O–H groups in total. The minimum atomic E-state index is -4.67. The minimum Gasteiger partial charge on any atom is -0.294 e. The van der Waals surface area contributed by atoms with E-state index in [9.17, 15) is 13.3 Å². The largest absolute Gasteiger partial charge is 0.394 e. The van der Waals surface area contributed by atoms with Gasteiger partial charge in [0.2, 0.25) is 0 Å². The Morgan fingerprint density at radius 3 is 1.75 bits per heavy atom. The minimum absolute atomic E-state index is 0.00926. The molecule has 0 fully saturated rings. The molecule has 6 nitrogen and oxygen atoms in total. The first-order valence-electron chi connectivity index (χ1n) is 3.50. The molecule has 0 atom stereocenters. The number of hydrogen-bond donors (Lipinski definition) is 4. The van der Waals surface area contributed by atoms with Crippen molar-refractivity contribution in [3.63, 3.8) is 0 Å². The second-order valence-electron chi connectivity index (χ2n) is 2.33. The topological polar surface area (TPSA) is 98.7 Å². The fraction of sp³-hybridized carbons (Fsp3) is 0. The second-order valence-corrected chi connectivity index (χ2v) is 3.22. The van der Waals surface area contributed by atoms with Crippen LogP contribution in [0, 0.1) is 11.6 Å². The third-order valence-electron chi connectivity index (χ3n) is 1.05. The molecule has 0 saturated carbocycles. The van der Waals surface area contributed by atoms with Crippen LogP contribution in [0.5, 0.6) is 0 Å². The molecule has 0 aromatic heterocycles. The van der Waals surface area contributed by atoms with Crippen molar-refractivity contribution in [2.45, 2.75) is 0 Å². The zero-order chi connectivity index (χ0) is 12.8. The van der Waals surface area contributed by atoms with Gasteiger partial charge in [0.25, 0.3) is 0 Å². The molecule has 1 rings (SSSR count). The van der Waals surface area contributed by atoms with E-state index in [2.05, 4.69) is 0 Å². The predicted molar refractivity (Wildman–Crippen MR) is 48.4 cm³/mol. The quantitative estimate of drug-likeness (QED) is 0.361. The van der Waals surface area contributed by atoms with Gasteiger partial charge in [-0.25, -0.2) is 8.78 Å². The molecule has 92 valence electrons. The van der Waals surface area contributed by atoms with E-state index in [4.69, 9.17) is 17.5 Å². The molecule has 1 aromatic carbocycles. The van der Waals surface area contributed by atoms with Gasteiger partial charge in [-0.05, 0) is 12.1 Å². The lowest BCUT2D eigenvalue weighted by molar-refractivity contribution is 0.375. The van der Waals surface area contributed by atoms with E-state index < -0.39 is 22.0 Å². The summed E-state index contributed by atoms with van der Waals surface area (Å²) in [5.41, 5.74) is 2.94. The molecule has 0 aliphatic heterocycles. The number of halogens is 3. The van der Waals surface area contributed by atoms with Crippen molar-refractivity contribution in [3.8, 4) is 0 Å². The summed E-state index contributed by atoms with van der Waals surface area (Å²) in [6.45, 7) is 0. The van der Waals surface area contributed by atoms with Gasteiger partial charge in [0, 0.05) is 6.07 Å². The van der Waals surface area contributed by atoms with Gasteiger partial charge in [-0.1, -0.05) is 5.65 Å². The van der Waals surface area contributed by atoms with Gasteiger partial charge in [-0.2, -0.15) is 8.42 Å². The Bertz CT molecular complexity index is 411. The maximum Gasteiger partial charge on any atom is 0.394 e. The Labute approximate surface area is 88.6 Å². The smallest absolute Gasteiger partial charge is 0.294 e. The molecular weight excluding hydrogens is 253 g/mol. The van der Waals surface area contributed by atoms with Crippen LogP contribution in [0.15, 0.2) is 18.2 Å². The van der Waals surface area contributed by atoms with Crippen molar-refractivity contribution >= 4 is 16.1 Å². The first-order valence-corrected chi connectivity index (χ1v) is 4.89. The van der Waals surface area contributed by atoms with Gasteiger partial charge in [-0.3, -0.25) is 14.5 Å². The summed E-state index contributed by atoms with van der Waals surface area (Å²) in [7, 11) is -4.67. The molecule has 0 spiro atoms. The van der Waals surface area contributed by atoms with Crippen LogP contribution in [0.25, 0.3) is 0 Å². The highest BCUT2D eigenvalue weighted by atomic mass is 32.3. The third-order valence-corrected chi connectivity index (χ3v) is 1.05. The van der Waals surface area contributed by atoms with Crippen LogP contribution >= 0.6 is 0 Å². The summed E-state index contributed by atoms with van der Waals surface area (Å²) < 4.78 is 67.6. The summed E-state index contributed by atoms with van der Waals surface area (Å²) in [5.74, 6) is -1.52. The van der Waals surface area contributed by atoms with E-state index in [1.807, 2.05) is 5.43 Å². The van der Waals surface area contributed by atoms with E-state index in [-0.39, 0.29) is 5.69 Å². The number of rotatable bonds is 2. The van der Waals surface area contributed by atoms with Crippen LogP contribution in [-0.2, 0) is 10.4 Å². The Kier molecular flexibility index (Phi) is 5.74. The highest BCUT2D eigenvalue weighted by Gasteiger charge is 1.98. The van der Waals surface area contributed by atoms with Gasteiger partial charge < -0.3 is 0 Å². The SMILES string of the molecule is FNNc1cc(F)cc(F)c1.O=S(=O)(O)O. The molecule has 0 unspecified atom stereocenters. The van der Waals surface area contributed by atoms with Crippen LogP contribution in [-0.4, -0.2) is 17.5 Å². The lowest BCUT2D eigenvalue weighted by atomic mass is 10.3. The van der Waals surface area contributed by atoms with E-state index in [1.165, 1.54) is 0 Å². The number of hydrazine groups is 1. The molecule has 0 aliphatic rings. The summed E-state index contributed by atoms with van der Waals surface area (Å²) in [6.07, 6.45) is 0. The zero-order valence-electron chi connectivity index (χ0n) is 7.49. The van der Waals surface area contributed by atoms with Gasteiger partial charge in [0.05, 0.1) is 5.69 Å². The van der Waals surface area contributed by atoms with Crippen LogP contribution in [0.3, 0.4) is 0 Å². The van der Waals surface area contributed by atoms with Crippen molar-refractivity contribution in [1.29, 1.82) is 0 Å². The van der Waals surface area contributed by atoms with Crippen molar-refractivity contribution in [2.24, 2.45) is 0 Å². The van der Waals surface area contributed by atoms with Gasteiger partial charge in [-0.15, -0.1) is 4.48 Å². The van der Waals surface area contributed by atoms with Gasteiger partial charge >= 0.3 is 10.4 Å². The van der Waals surface area contributed by atoms with E-state index in [1.54, 1.807) is 0 Å². The fourth-order valence-electron chi connectivity index (χ4n) is 0.681. The lowest BCUT2D eigenvalue weighted by Crippen LogP contribution is -2.10. The van der Waals surface area contributed by atoms with Crippen molar-refractivity contribution in [2.75, 3.05) is 5.43 Å². The number of anilines is 1. The average Bonchev–Trinajstić information content (AvgIpc) is 1.98. The maximum absolute atomic E-state index is 12.3. The standard InChI is InChI=1S/C6H5F3N2.H2O4S/c7-4-1-5(8)3-6(2-4)10-11-9;1-5(2,3)4/h1-3,10-11H;(H2,1,2,3,4). The Morgan fingerprint density at radius 1 is 1.06 bits per heavy atom. The molecule has 10 heteroatoms. The van der Waals surface area contributed by atoms with Crippen LogP contribution in [0.1, 0.15) is 0 Å². The molecule has 0 bridgehead atoms. The van der Waals surface area contributed by atoms with E-state index >= 15 is 0 Å². The monoisotopic (exact) mass is 260 g/mol. The van der Waals surface area contributed by atoms with Gasteiger partial charge in [0.15, 0.2) is 0 Å². The molecular formula is C6H7F3N2O4S. The molecule has 0 radical (unpaired) electrons. The first-order chi connectivity index (χ1) is 7.22. The van der Waals surface area contributed by atoms with Gasteiger partial charge in [0.1, 0.15) is 11.6 Å². The molecule has 0 saturated heterocycles. The van der Waals surface area contributed by atoms with E-state index in [0.717, 1.165) is 17.8 Å². The van der Waals surface area contributed by atoms with Crippen molar-refractivity contribution in [1.82, 2.24) is 5.65 Å². The zero-order valence-corrected chi connectivity index (χ0v) is 8.30. The third kappa shape index (κ3) is 9.21. The van der Waals surface area contributed by atoms with Crippen LogP contribution in [0.2, 0.25) is 0 Å². The summed E-state index contributed by atoms with van der Waals surface area (Å²) in [4.78, 5) is 0. The Hall–Kier alpha value is -1.36. The second kappa shape index (κ2) is 6.27. The van der Waals surface area contributed by atoms with Crippen molar-refractivity contribution < 1.29 is 30.8 Å². The first kappa shape index (κ1) is 14.6. The van der Waals surface area contributed by atoms with Crippen molar-refractivity contribution in [3.05, 3.63) is 29.8 Å². The molecule has 0 amide bonds. The number of benzene rings is 1. The summed E-state index contributed by atoms with van der Waals surface area (Å²) in [5, 5.41) is 0. The molecule has 0 aliphatic carbocycles. The maximum atomic E-state index is 12.3. The number of hydrogen-bond acceptors (Lipinski definition) is 4. The van der Waals surface area contributed by atoms with E-state index in [0.29, 0.717) is 6.07 Å². The molecule has 0 heterocycles. The molecule has 16 heavy (non-hydrogen) atoms. The summed E-state index contributed by atoms with van der Waals surface area (Å²) >= 11 is 0.